The van der Waals surface area contributed by atoms with E-state index in [4.69, 9.17) is 9.47 Å². The quantitative estimate of drug-likeness (QED) is 0.414. The average molecular weight is 373 g/mol. The van der Waals surface area contributed by atoms with Crippen LogP contribution >= 0.6 is 0 Å². The lowest BCUT2D eigenvalue weighted by Gasteiger charge is -2.58. The Morgan fingerprint density at radius 1 is 1.15 bits per heavy atom. The molecule has 0 amide bonds. The van der Waals surface area contributed by atoms with Gasteiger partial charge in [-0.05, 0) is 68.6 Å². The molecule has 5 rings (SSSR count). The zero-order chi connectivity index (χ0) is 19.2. The normalized spacial score (nSPS) is 52.6. The van der Waals surface area contributed by atoms with Crippen molar-refractivity contribution in [2.45, 2.75) is 90.4 Å². The lowest BCUT2D eigenvalue weighted by molar-refractivity contribution is -0.149. The summed E-state index contributed by atoms with van der Waals surface area (Å²) in [5.74, 6) is 2.03. The number of carbonyl (C=O) groups excluding carboxylic acids is 2. The highest BCUT2D eigenvalue weighted by molar-refractivity contribution is 5.90. The Labute approximate surface area is 162 Å². The van der Waals surface area contributed by atoms with Gasteiger partial charge in [-0.25, -0.2) is 0 Å². The number of rotatable bonds is 2. The summed E-state index contributed by atoms with van der Waals surface area (Å²) in [6.45, 7) is 8.03. The third-order valence-electron chi connectivity index (χ3n) is 9.34. The number of hydrogen-bond acceptors (Lipinski definition) is 4. The molecule has 0 spiro atoms. The van der Waals surface area contributed by atoms with Gasteiger partial charge in [0.05, 0.1) is 6.10 Å². The van der Waals surface area contributed by atoms with Crippen LogP contribution in [0.1, 0.15) is 72.6 Å². The van der Waals surface area contributed by atoms with Crippen LogP contribution in [0, 0.1) is 28.6 Å². The van der Waals surface area contributed by atoms with Crippen molar-refractivity contribution in [2.75, 3.05) is 0 Å². The second-order valence-electron chi connectivity index (χ2n) is 10.3. The van der Waals surface area contributed by atoms with Crippen molar-refractivity contribution in [3.05, 3.63) is 11.6 Å². The molecule has 0 aromatic carbocycles. The largest absolute Gasteiger partial charge is 0.462 e. The molecule has 1 heterocycles. The molecule has 27 heavy (non-hydrogen) atoms. The van der Waals surface area contributed by atoms with Gasteiger partial charge in [0.1, 0.15) is 6.10 Å². The SMILES string of the molecule is CC(=O)O[C@@H]1CC[C@@]2(C)C(=CC[C@@H]3[C@H]2CC[C@]2(C)[C@@H]3C[C@@H]3O[C@@]32C(C)=O)C1. The molecule has 0 unspecified atom stereocenters. The molecule has 0 radical (unpaired) electrons. The minimum Gasteiger partial charge on any atom is -0.462 e. The Bertz CT molecular complexity index is 741. The van der Waals surface area contributed by atoms with Crippen LogP contribution in [0.4, 0.5) is 0 Å². The average Bonchev–Trinajstić information content (AvgIpc) is 3.27. The molecule has 1 aliphatic heterocycles. The van der Waals surface area contributed by atoms with Gasteiger partial charge in [-0.2, -0.15) is 0 Å². The summed E-state index contributed by atoms with van der Waals surface area (Å²) in [4.78, 5) is 23.8. The smallest absolute Gasteiger partial charge is 0.302 e. The van der Waals surface area contributed by atoms with Crippen molar-refractivity contribution in [1.29, 1.82) is 0 Å². The van der Waals surface area contributed by atoms with E-state index in [0.717, 1.165) is 38.5 Å². The van der Waals surface area contributed by atoms with E-state index in [2.05, 4.69) is 19.9 Å². The molecule has 3 saturated carbocycles. The van der Waals surface area contributed by atoms with E-state index in [1.165, 1.54) is 18.9 Å². The number of fused-ring (bicyclic) bond motifs is 7. The molecule has 5 aliphatic rings. The van der Waals surface area contributed by atoms with E-state index in [1.807, 2.05) is 0 Å². The highest BCUT2D eigenvalue weighted by Crippen LogP contribution is 2.73. The number of ketones is 1. The van der Waals surface area contributed by atoms with Crippen molar-refractivity contribution in [1.82, 2.24) is 0 Å². The van der Waals surface area contributed by atoms with Crippen LogP contribution < -0.4 is 0 Å². The molecule has 4 fully saturated rings. The van der Waals surface area contributed by atoms with Gasteiger partial charge in [0, 0.05) is 18.8 Å². The van der Waals surface area contributed by atoms with E-state index < -0.39 is 5.60 Å². The minimum absolute atomic E-state index is 0.0152. The molecule has 0 aromatic heterocycles. The van der Waals surface area contributed by atoms with E-state index in [-0.39, 0.29) is 34.8 Å². The summed E-state index contributed by atoms with van der Waals surface area (Å²) in [6.07, 6.45) is 10.1. The number of carbonyl (C=O) groups is 2. The van der Waals surface area contributed by atoms with Crippen molar-refractivity contribution < 1.29 is 19.1 Å². The van der Waals surface area contributed by atoms with E-state index in [1.54, 1.807) is 6.92 Å². The van der Waals surface area contributed by atoms with Crippen LogP contribution in [0.25, 0.3) is 0 Å². The van der Waals surface area contributed by atoms with Crippen molar-refractivity contribution in [3.63, 3.8) is 0 Å². The van der Waals surface area contributed by atoms with E-state index in [0.29, 0.717) is 17.8 Å². The Balaban J connectivity index is 1.43. The molecule has 0 bridgehead atoms. The number of epoxide rings is 1. The van der Waals surface area contributed by atoms with Gasteiger partial charge in [-0.3, -0.25) is 9.59 Å². The third-order valence-corrected chi connectivity index (χ3v) is 9.34. The zero-order valence-electron chi connectivity index (χ0n) is 17.0. The number of Topliss-reactive ketones (excluding diaryl/α,β-unsaturated/α-hetero) is 1. The number of esters is 1. The highest BCUT2D eigenvalue weighted by Gasteiger charge is 2.79. The maximum absolute atomic E-state index is 12.5. The van der Waals surface area contributed by atoms with Gasteiger partial charge in [-0.1, -0.05) is 25.5 Å². The summed E-state index contributed by atoms with van der Waals surface area (Å²) in [5, 5.41) is 0. The number of allylic oxidation sites excluding steroid dienone is 1. The third kappa shape index (κ3) is 2.14. The zero-order valence-corrected chi connectivity index (χ0v) is 17.0. The maximum Gasteiger partial charge on any atom is 0.302 e. The predicted molar refractivity (Wildman–Crippen MR) is 101 cm³/mol. The molecular weight excluding hydrogens is 340 g/mol. The Kier molecular flexibility index (Phi) is 3.62. The van der Waals surface area contributed by atoms with Gasteiger partial charge in [-0.15, -0.1) is 0 Å². The predicted octanol–water partition coefficient (Wildman–Crippen LogP) is 4.22. The van der Waals surface area contributed by atoms with Crippen LogP contribution in [-0.2, 0) is 19.1 Å². The van der Waals surface area contributed by atoms with Gasteiger partial charge in [0.15, 0.2) is 11.4 Å². The molecule has 148 valence electrons. The first kappa shape index (κ1) is 17.9. The highest BCUT2D eigenvalue weighted by atomic mass is 16.6. The number of hydrogen-bond donors (Lipinski definition) is 0. The van der Waals surface area contributed by atoms with Gasteiger partial charge in [0.2, 0.25) is 0 Å². The molecule has 4 nitrogen and oxygen atoms in total. The summed E-state index contributed by atoms with van der Waals surface area (Å²) in [5.41, 5.74) is 1.30. The van der Waals surface area contributed by atoms with Crippen LogP contribution in [0.3, 0.4) is 0 Å². The first-order valence-electron chi connectivity index (χ1n) is 10.8. The molecular formula is C23H32O4. The summed E-state index contributed by atoms with van der Waals surface area (Å²) < 4.78 is 11.6. The lowest BCUT2D eigenvalue weighted by Crippen LogP contribution is -2.54. The van der Waals surface area contributed by atoms with Gasteiger partial charge >= 0.3 is 5.97 Å². The molecule has 0 aromatic rings. The van der Waals surface area contributed by atoms with Crippen molar-refractivity contribution in [3.8, 4) is 0 Å². The molecule has 1 saturated heterocycles. The fourth-order valence-corrected chi connectivity index (χ4v) is 8.03. The van der Waals surface area contributed by atoms with Crippen LogP contribution in [-0.4, -0.2) is 29.6 Å². The van der Waals surface area contributed by atoms with Gasteiger partial charge in [0.25, 0.3) is 0 Å². The molecule has 0 N–H and O–H groups in total. The fraction of sp³-hybridized carbons (Fsp3) is 0.826. The fourth-order valence-electron chi connectivity index (χ4n) is 8.03. The minimum atomic E-state index is -0.472. The van der Waals surface area contributed by atoms with Crippen molar-refractivity contribution >= 4 is 11.8 Å². The lowest BCUT2D eigenvalue weighted by atomic mass is 9.47. The second kappa shape index (κ2) is 5.46. The topological polar surface area (TPSA) is 55.9 Å². The van der Waals surface area contributed by atoms with Crippen LogP contribution in [0.5, 0.6) is 0 Å². The summed E-state index contributed by atoms with van der Waals surface area (Å²) in [6, 6.07) is 0. The van der Waals surface area contributed by atoms with E-state index in [9.17, 15) is 9.59 Å². The molecule has 4 heteroatoms. The summed E-state index contributed by atoms with van der Waals surface area (Å²) in [7, 11) is 0. The number of ether oxygens (including phenoxy) is 2. The first-order chi connectivity index (χ1) is 12.7. The second-order valence-corrected chi connectivity index (χ2v) is 10.3. The summed E-state index contributed by atoms with van der Waals surface area (Å²) >= 11 is 0. The Morgan fingerprint density at radius 2 is 1.93 bits per heavy atom. The van der Waals surface area contributed by atoms with Crippen molar-refractivity contribution in [2.24, 2.45) is 28.6 Å². The Hall–Kier alpha value is -1.16. The monoisotopic (exact) mass is 372 g/mol. The first-order valence-corrected chi connectivity index (χ1v) is 10.8. The molecule has 4 aliphatic carbocycles. The standard InChI is InChI=1S/C23H32O4/c1-13(24)23-20(27-23)12-19-17-6-5-15-11-16(26-14(2)25)7-9-21(15,3)18(17)8-10-22(19,23)4/h5,16-20H,6-12H2,1-4H3/t16-,17-,18-,19-,20+,21+,22-,23+/m1/s1. The van der Waals surface area contributed by atoms with E-state index >= 15 is 0 Å². The molecule has 8 atom stereocenters. The Morgan fingerprint density at radius 3 is 2.63 bits per heavy atom. The van der Waals surface area contributed by atoms with Crippen LogP contribution in [0.2, 0.25) is 0 Å². The van der Waals surface area contributed by atoms with Gasteiger partial charge < -0.3 is 9.47 Å². The van der Waals surface area contributed by atoms with Crippen LogP contribution in [0.15, 0.2) is 11.6 Å². The maximum atomic E-state index is 12.5.